The van der Waals surface area contributed by atoms with Crippen LogP contribution < -0.4 is 14.8 Å². The molecule has 21 heavy (non-hydrogen) atoms. The molecule has 3 nitrogen and oxygen atoms in total. The highest BCUT2D eigenvalue weighted by molar-refractivity contribution is 9.10. The summed E-state index contributed by atoms with van der Waals surface area (Å²) in [6, 6.07) is 4.64. The van der Waals surface area contributed by atoms with Gasteiger partial charge in [0.25, 0.3) is 0 Å². The molecule has 1 aliphatic carbocycles. The monoisotopic (exact) mass is 353 g/mol. The predicted molar refractivity (Wildman–Crippen MR) is 88.2 cm³/mol. The van der Waals surface area contributed by atoms with E-state index in [9.17, 15) is 0 Å². The SMILES string of the molecule is COc1cc(C2CCCCN2)c(Br)cc1OC1CCCC1. The van der Waals surface area contributed by atoms with Crippen molar-refractivity contribution in [3.05, 3.63) is 22.2 Å². The average molecular weight is 354 g/mol. The molecule has 1 saturated heterocycles. The quantitative estimate of drug-likeness (QED) is 0.858. The van der Waals surface area contributed by atoms with Crippen molar-refractivity contribution in [1.29, 1.82) is 0 Å². The van der Waals surface area contributed by atoms with E-state index in [1.807, 2.05) is 0 Å². The van der Waals surface area contributed by atoms with Crippen molar-refractivity contribution < 1.29 is 9.47 Å². The molecule has 1 aromatic carbocycles. The molecule has 0 aromatic heterocycles. The molecule has 0 spiro atoms. The fourth-order valence-corrected chi connectivity index (χ4v) is 3.97. The Morgan fingerprint density at radius 3 is 2.48 bits per heavy atom. The lowest BCUT2D eigenvalue weighted by molar-refractivity contribution is 0.200. The zero-order valence-corrected chi connectivity index (χ0v) is 14.2. The van der Waals surface area contributed by atoms with Gasteiger partial charge in [0.1, 0.15) is 0 Å². The third-order valence-electron chi connectivity index (χ3n) is 4.56. The van der Waals surface area contributed by atoms with Gasteiger partial charge in [0, 0.05) is 10.5 Å². The van der Waals surface area contributed by atoms with Crippen LogP contribution in [0.25, 0.3) is 0 Å². The minimum atomic E-state index is 0.351. The lowest BCUT2D eigenvalue weighted by Gasteiger charge is -2.26. The molecular weight excluding hydrogens is 330 g/mol. The zero-order chi connectivity index (χ0) is 14.7. The third-order valence-corrected chi connectivity index (χ3v) is 5.25. The summed E-state index contributed by atoms with van der Waals surface area (Å²) < 4.78 is 12.8. The Kier molecular flexibility index (Phi) is 5.07. The van der Waals surface area contributed by atoms with E-state index in [1.165, 1.54) is 37.7 Å². The molecule has 1 N–H and O–H groups in total. The van der Waals surface area contributed by atoms with E-state index in [4.69, 9.17) is 9.47 Å². The predicted octanol–water partition coefficient (Wildman–Crippen LogP) is 4.59. The number of piperidine rings is 1. The second kappa shape index (κ2) is 7.01. The lowest BCUT2D eigenvalue weighted by Crippen LogP contribution is -2.27. The molecule has 1 aromatic rings. The summed E-state index contributed by atoms with van der Waals surface area (Å²) in [7, 11) is 1.73. The van der Waals surface area contributed by atoms with Crippen LogP contribution in [-0.2, 0) is 0 Å². The van der Waals surface area contributed by atoms with Gasteiger partial charge in [0.2, 0.25) is 0 Å². The summed E-state index contributed by atoms with van der Waals surface area (Å²) in [5.74, 6) is 1.73. The van der Waals surface area contributed by atoms with Gasteiger partial charge in [-0.1, -0.05) is 22.4 Å². The minimum Gasteiger partial charge on any atom is -0.493 e. The van der Waals surface area contributed by atoms with Crippen molar-refractivity contribution in [2.24, 2.45) is 0 Å². The average Bonchev–Trinajstić information content (AvgIpc) is 3.01. The number of hydrogen-bond donors (Lipinski definition) is 1. The summed E-state index contributed by atoms with van der Waals surface area (Å²) in [5, 5.41) is 3.59. The van der Waals surface area contributed by atoms with Crippen molar-refractivity contribution >= 4 is 15.9 Å². The van der Waals surface area contributed by atoms with Gasteiger partial charge in [-0.25, -0.2) is 0 Å². The van der Waals surface area contributed by atoms with E-state index in [1.54, 1.807) is 7.11 Å². The molecule has 3 rings (SSSR count). The van der Waals surface area contributed by atoms with Crippen LogP contribution in [-0.4, -0.2) is 19.8 Å². The Morgan fingerprint density at radius 2 is 1.81 bits per heavy atom. The molecule has 1 saturated carbocycles. The molecule has 0 bridgehead atoms. The molecule has 2 aliphatic rings. The van der Waals surface area contributed by atoms with Gasteiger partial charge in [0.05, 0.1) is 13.2 Å². The highest BCUT2D eigenvalue weighted by Gasteiger charge is 2.22. The van der Waals surface area contributed by atoms with Crippen molar-refractivity contribution in [3.63, 3.8) is 0 Å². The Hall–Kier alpha value is -0.740. The first-order valence-corrected chi connectivity index (χ1v) is 8.84. The molecule has 1 heterocycles. The number of hydrogen-bond acceptors (Lipinski definition) is 3. The van der Waals surface area contributed by atoms with Crippen LogP contribution in [0, 0.1) is 0 Å². The van der Waals surface area contributed by atoms with Gasteiger partial charge in [-0.15, -0.1) is 0 Å². The standard InChI is InChI=1S/C17H24BrNO2/c1-20-16-10-13(15-8-4-5-9-19-15)14(18)11-17(16)21-12-6-2-3-7-12/h10-12,15,19H,2-9H2,1H3. The molecule has 2 fully saturated rings. The molecule has 116 valence electrons. The van der Waals surface area contributed by atoms with Gasteiger partial charge in [-0.2, -0.15) is 0 Å². The first-order chi connectivity index (χ1) is 10.3. The van der Waals surface area contributed by atoms with Gasteiger partial charge in [0.15, 0.2) is 11.5 Å². The second-order valence-electron chi connectivity index (χ2n) is 6.05. The number of methoxy groups -OCH3 is 1. The Balaban J connectivity index is 1.82. The van der Waals surface area contributed by atoms with E-state index in [2.05, 4.69) is 33.4 Å². The van der Waals surface area contributed by atoms with Crippen molar-refractivity contribution in [3.8, 4) is 11.5 Å². The van der Waals surface area contributed by atoms with Gasteiger partial charge < -0.3 is 14.8 Å². The van der Waals surface area contributed by atoms with E-state index in [-0.39, 0.29) is 0 Å². The van der Waals surface area contributed by atoms with Crippen molar-refractivity contribution in [2.75, 3.05) is 13.7 Å². The molecule has 1 aliphatic heterocycles. The Bertz CT molecular complexity index is 480. The molecule has 0 radical (unpaired) electrons. The first-order valence-electron chi connectivity index (χ1n) is 8.05. The zero-order valence-electron chi connectivity index (χ0n) is 12.7. The maximum atomic E-state index is 6.15. The number of ether oxygens (including phenoxy) is 2. The number of nitrogens with one attached hydrogen (secondary N) is 1. The summed E-state index contributed by atoms with van der Waals surface area (Å²) in [5.41, 5.74) is 1.28. The summed E-state index contributed by atoms with van der Waals surface area (Å²) >= 11 is 3.72. The van der Waals surface area contributed by atoms with E-state index >= 15 is 0 Å². The van der Waals surface area contributed by atoms with Crippen LogP contribution in [0.5, 0.6) is 11.5 Å². The molecular formula is C17H24BrNO2. The minimum absolute atomic E-state index is 0.351. The number of benzene rings is 1. The normalized spacial score (nSPS) is 23.2. The molecule has 0 amide bonds. The Labute approximate surface area is 135 Å². The van der Waals surface area contributed by atoms with E-state index < -0.39 is 0 Å². The molecule has 1 unspecified atom stereocenters. The van der Waals surface area contributed by atoms with Crippen LogP contribution in [0.1, 0.15) is 56.6 Å². The van der Waals surface area contributed by atoms with E-state index in [0.29, 0.717) is 12.1 Å². The smallest absolute Gasteiger partial charge is 0.162 e. The number of rotatable bonds is 4. The first kappa shape index (κ1) is 15.2. The topological polar surface area (TPSA) is 30.5 Å². The highest BCUT2D eigenvalue weighted by Crippen LogP contribution is 2.39. The maximum Gasteiger partial charge on any atom is 0.162 e. The second-order valence-corrected chi connectivity index (χ2v) is 6.91. The van der Waals surface area contributed by atoms with Crippen LogP contribution in [0.15, 0.2) is 16.6 Å². The fourth-order valence-electron chi connectivity index (χ4n) is 3.37. The molecule has 4 heteroatoms. The van der Waals surface area contributed by atoms with E-state index in [0.717, 1.165) is 35.4 Å². The van der Waals surface area contributed by atoms with Gasteiger partial charge in [-0.05, 0) is 62.8 Å². The largest absolute Gasteiger partial charge is 0.493 e. The van der Waals surface area contributed by atoms with Crippen molar-refractivity contribution in [2.45, 2.75) is 57.1 Å². The highest BCUT2D eigenvalue weighted by atomic mass is 79.9. The lowest BCUT2D eigenvalue weighted by atomic mass is 9.97. The van der Waals surface area contributed by atoms with Gasteiger partial charge in [-0.3, -0.25) is 0 Å². The van der Waals surface area contributed by atoms with Crippen LogP contribution in [0.3, 0.4) is 0 Å². The fraction of sp³-hybridized carbons (Fsp3) is 0.647. The van der Waals surface area contributed by atoms with Crippen LogP contribution in [0.4, 0.5) is 0 Å². The van der Waals surface area contributed by atoms with Gasteiger partial charge >= 0.3 is 0 Å². The summed E-state index contributed by atoms with van der Waals surface area (Å²) in [4.78, 5) is 0. The van der Waals surface area contributed by atoms with Crippen LogP contribution >= 0.6 is 15.9 Å². The Morgan fingerprint density at radius 1 is 1.05 bits per heavy atom. The maximum absolute atomic E-state index is 6.15. The number of halogens is 1. The summed E-state index contributed by atoms with van der Waals surface area (Å²) in [6.45, 7) is 1.10. The molecule has 1 atom stereocenters. The van der Waals surface area contributed by atoms with Crippen LogP contribution in [0.2, 0.25) is 0 Å². The van der Waals surface area contributed by atoms with Crippen molar-refractivity contribution in [1.82, 2.24) is 5.32 Å². The summed E-state index contributed by atoms with van der Waals surface area (Å²) in [6.07, 6.45) is 8.96. The third kappa shape index (κ3) is 3.54.